The Morgan fingerprint density at radius 2 is 1.90 bits per heavy atom. The predicted molar refractivity (Wildman–Crippen MR) is 114 cm³/mol. The lowest BCUT2D eigenvalue weighted by Crippen LogP contribution is -2.51. The average Bonchev–Trinajstić information content (AvgIpc) is 2.73. The quantitative estimate of drug-likeness (QED) is 0.374. The summed E-state index contributed by atoms with van der Waals surface area (Å²) in [6, 6.07) is 7.93. The van der Waals surface area contributed by atoms with Crippen molar-refractivity contribution in [2.75, 3.05) is 24.5 Å². The fourth-order valence-electron chi connectivity index (χ4n) is 3.42. The van der Waals surface area contributed by atoms with Crippen molar-refractivity contribution in [1.82, 2.24) is 9.88 Å². The molecule has 1 amide bonds. The van der Waals surface area contributed by atoms with Crippen LogP contribution in [0.5, 0.6) is 0 Å². The molecular weight excluding hydrogens is 431 g/mol. The number of Topliss-reactive ketones (excluding diaryl/α,β-unsaturated/α-hetero) is 1. The Kier molecular flexibility index (Phi) is 6.89. The highest BCUT2D eigenvalue weighted by Gasteiger charge is 2.35. The Balaban J connectivity index is 1.97. The number of benzene rings is 1. The summed E-state index contributed by atoms with van der Waals surface area (Å²) >= 11 is 11.9. The van der Waals surface area contributed by atoms with Crippen LogP contribution in [0.3, 0.4) is 0 Å². The summed E-state index contributed by atoms with van der Waals surface area (Å²) in [5.74, 6) is -0.194. The lowest BCUT2D eigenvalue weighted by molar-refractivity contribution is -0.384. The van der Waals surface area contributed by atoms with Crippen LogP contribution in [0.1, 0.15) is 31.4 Å². The number of nitro groups is 1. The number of carbonyl (C=O) groups is 2. The number of rotatable bonds is 6. The first-order valence-corrected chi connectivity index (χ1v) is 10.2. The van der Waals surface area contributed by atoms with Crippen molar-refractivity contribution in [2.24, 2.45) is 0 Å². The molecule has 1 atom stereocenters. The van der Waals surface area contributed by atoms with Crippen LogP contribution in [-0.2, 0) is 9.59 Å². The van der Waals surface area contributed by atoms with Gasteiger partial charge in [0, 0.05) is 43.3 Å². The van der Waals surface area contributed by atoms with Crippen LogP contribution in [0.15, 0.2) is 36.5 Å². The van der Waals surface area contributed by atoms with Gasteiger partial charge in [0.25, 0.3) is 0 Å². The van der Waals surface area contributed by atoms with E-state index >= 15 is 0 Å². The van der Waals surface area contributed by atoms with Gasteiger partial charge in [0.15, 0.2) is 0 Å². The molecule has 10 heteroatoms. The van der Waals surface area contributed by atoms with Crippen molar-refractivity contribution in [2.45, 2.75) is 25.8 Å². The van der Waals surface area contributed by atoms with Crippen LogP contribution in [0.25, 0.3) is 0 Å². The number of hydrogen-bond acceptors (Lipinski definition) is 6. The van der Waals surface area contributed by atoms with E-state index in [0.717, 1.165) is 5.56 Å². The van der Waals surface area contributed by atoms with Crippen molar-refractivity contribution < 1.29 is 14.5 Å². The van der Waals surface area contributed by atoms with Gasteiger partial charge >= 0.3 is 5.69 Å². The maximum absolute atomic E-state index is 12.6. The molecule has 0 N–H and O–H groups in total. The molecule has 2 aromatic rings. The molecule has 8 nitrogen and oxygen atoms in total. The van der Waals surface area contributed by atoms with E-state index in [9.17, 15) is 19.7 Å². The molecule has 1 unspecified atom stereocenters. The highest BCUT2D eigenvalue weighted by Crippen LogP contribution is 2.36. The summed E-state index contributed by atoms with van der Waals surface area (Å²) in [5, 5.41) is 12.3. The highest BCUT2D eigenvalue weighted by atomic mass is 35.5. The molecule has 1 aliphatic rings. The monoisotopic (exact) mass is 450 g/mol. The molecule has 3 rings (SSSR count). The standard InChI is InChI=1S/C20H20Cl2N4O4/c1-2-16(27)10-19(28)24-7-8-25(18(12-24)13-3-5-14(21)6-4-13)20-17(26(29)30)9-15(22)11-23-20/h3-6,9,11,18H,2,7-8,10,12H2,1H3. The Bertz CT molecular complexity index is 968. The number of amides is 1. The largest absolute Gasteiger partial charge is 0.340 e. The summed E-state index contributed by atoms with van der Waals surface area (Å²) in [7, 11) is 0. The highest BCUT2D eigenvalue weighted by molar-refractivity contribution is 6.31. The number of halogens is 2. The van der Waals surface area contributed by atoms with E-state index in [1.807, 2.05) is 12.1 Å². The van der Waals surface area contributed by atoms with Gasteiger partial charge in [-0.2, -0.15) is 0 Å². The number of carbonyl (C=O) groups excluding carboxylic acids is 2. The van der Waals surface area contributed by atoms with Crippen LogP contribution in [0, 0.1) is 10.1 Å². The summed E-state index contributed by atoms with van der Waals surface area (Å²) in [6.07, 6.45) is 1.51. The van der Waals surface area contributed by atoms with Gasteiger partial charge in [-0.05, 0) is 17.7 Å². The van der Waals surface area contributed by atoms with Crippen LogP contribution < -0.4 is 4.90 Å². The number of hydrogen-bond donors (Lipinski definition) is 0. The van der Waals surface area contributed by atoms with Gasteiger partial charge in [0.05, 0.1) is 22.4 Å². The molecular formula is C20H20Cl2N4O4. The maximum atomic E-state index is 12.6. The zero-order chi connectivity index (χ0) is 21.8. The van der Waals surface area contributed by atoms with Crippen molar-refractivity contribution in [3.8, 4) is 0 Å². The summed E-state index contributed by atoms with van der Waals surface area (Å²) in [4.78, 5) is 43.0. The van der Waals surface area contributed by atoms with Crippen molar-refractivity contribution in [3.05, 3.63) is 62.3 Å². The molecule has 2 heterocycles. The summed E-state index contributed by atoms with van der Waals surface area (Å²) < 4.78 is 0. The van der Waals surface area contributed by atoms with E-state index in [1.54, 1.807) is 28.9 Å². The lowest BCUT2D eigenvalue weighted by atomic mass is 10.0. The van der Waals surface area contributed by atoms with E-state index < -0.39 is 11.0 Å². The third kappa shape index (κ3) is 4.88. The number of aromatic nitrogens is 1. The molecule has 30 heavy (non-hydrogen) atoms. The molecule has 0 radical (unpaired) electrons. The van der Waals surface area contributed by atoms with Gasteiger partial charge < -0.3 is 9.80 Å². The second kappa shape index (κ2) is 9.40. The maximum Gasteiger partial charge on any atom is 0.313 e. The number of anilines is 1. The molecule has 0 bridgehead atoms. The summed E-state index contributed by atoms with van der Waals surface area (Å²) in [5.41, 5.74) is 0.618. The Morgan fingerprint density at radius 1 is 1.20 bits per heavy atom. The first-order valence-electron chi connectivity index (χ1n) is 9.41. The molecule has 1 aromatic heterocycles. The fraction of sp³-hybridized carbons (Fsp3) is 0.350. The van der Waals surface area contributed by atoms with Gasteiger partial charge in [-0.15, -0.1) is 0 Å². The van der Waals surface area contributed by atoms with Crippen LogP contribution in [-0.4, -0.2) is 46.1 Å². The van der Waals surface area contributed by atoms with Crippen LogP contribution in [0.4, 0.5) is 11.5 Å². The molecule has 1 aliphatic heterocycles. The van der Waals surface area contributed by atoms with E-state index in [1.165, 1.54) is 12.3 Å². The molecule has 1 saturated heterocycles. The number of nitrogens with zero attached hydrogens (tertiary/aromatic N) is 4. The van der Waals surface area contributed by atoms with E-state index in [2.05, 4.69) is 4.98 Å². The van der Waals surface area contributed by atoms with E-state index in [4.69, 9.17) is 23.2 Å². The molecule has 1 fully saturated rings. The van der Waals surface area contributed by atoms with Crippen molar-refractivity contribution >= 4 is 46.4 Å². The Labute approximate surface area is 183 Å². The third-order valence-electron chi connectivity index (χ3n) is 5.01. The first-order chi connectivity index (χ1) is 14.3. The van der Waals surface area contributed by atoms with Gasteiger partial charge in [0.2, 0.25) is 11.7 Å². The Hall–Kier alpha value is -2.71. The number of ketones is 1. The van der Waals surface area contributed by atoms with Crippen LogP contribution >= 0.6 is 23.2 Å². The average molecular weight is 451 g/mol. The normalized spacial score (nSPS) is 16.4. The minimum atomic E-state index is -0.523. The zero-order valence-corrected chi connectivity index (χ0v) is 17.8. The second-order valence-corrected chi connectivity index (χ2v) is 7.80. The lowest BCUT2D eigenvalue weighted by Gasteiger charge is -2.42. The number of piperazine rings is 1. The molecule has 0 aliphatic carbocycles. The third-order valence-corrected chi connectivity index (χ3v) is 5.47. The van der Waals surface area contributed by atoms with E-state index in [-0.39, 0.29) is 41.2 Å². The summed E-state index contributed by atoms with van der Waals surface area (Å²) in [6.45, 7) is 2.62. The van der Waals surface area contributed by atoms with Gasteiger partial charge in [-0.1, -0.05) is 42.3 Å². The van der Waals surface area contributed by atoms with Crippen LogP contribution in [0.2, 0.25) is 10.0 Å². The molecule has 1 aromatic carbocycles. The molecule has 0 spiro atoms. The zero-order valence-electron chi connectivity index (χ0n) is 16.3. The second-order valence-electron chi connectivity index (χ2n) is 6.92. The van der Waals surface area contributed by atoms with Gasteiger partial charge in [-0.25, -0.2) is 4.98 Å². The van der Waals surface area contributed by atoms with Crippen molar-refractivity contribution in [3.63, 3.8) is 0 Å². The molecule has 158 valence electrons. The Morgan fingerprint density at radius 3 is 2.53 bits per heavy atom. The number of pyridine rings is 1. The van der Waals surface area contributed by atoms with Crippen molar-refractivity contribution in [1.29, 1.82) is 0 Å². The SMILES string of the molecule is CCC(=O)CC(=O)N1CCN(c2ncc(Cl)cc2[N+](=O)[O-])C(c2ccc(Cl)cc2)C1. The minimum Gasteiger partial charge on any atom is -0.340 e. The molecule has 0 saturated carbocycles. The minimum absolute atomic E-state index is 0.125. The predicted octanol–water partition coefficient (Wildman–Crippen LogP) is 4.06. The fourth-order valence-corrected chi connectivity index (χ4v) is 3.69. The van der Waals surface area contributed by atoms with Gasteiger partial charge in [-0.3, -0.25) is 19.7 Å². The topological polar surface area (TPSA) is 96.7 Å². The smallest absolute Gasteiger partial charge is 0.313 e. The van der Waals surface area contributed by atoms with Gasteiger partial charge in [0.1, 0.15) is 5.78 Å². The van der Waals surface area contributed by atoms with E-state index in [0.29, 0.717) is 24.5 Å². The first kappa shape index (κ1) is 22.0.